The summed E-state index contributed by atoms with van der Waals surface area (Å²) in [5.41, 5.74) is 0.719. The van der Waals surface area contributed by atoms with Gasteiger partial charge < -0.3 is 25.4 Å². The summed E-state index contributed by atoms with van der Waals surface area (Å²) < 4.78 is 5.53. The Morgan fingerprint density at radius 1 is 1.03 bits per heavy atom. The number of phenols is 2. The molecule has 0 spiro atoms. The molecule has 2 rings (SSSR count). The second-order valence-electron chi connectivity index (χ2n) is 9.28. The molecule has 2 aromatic rings. The van der Waals surface area contributed by atoms with E-state index in [4.69, 9.17) is 4.74 Å². The maximum atomic E-state index is 12.5. The first-order valence-corrected chi connectivity index (χ1v) is 11.9. The molecular formula is C27H37NO6. The number of carboxylic acid groups (broad SMARTS) is 1. The predicted molar refractivity (Wildman–Crippen MR) is 132 cm³/mol. The van der Waals surface area contributed by atoms with Gasteiger partial charge in [0, 0.05) is 18.8 Å². The average molecular weight is 472 g/mol. The van der Waals surface area contributed by atoms with Gasteiger partial charge in [0.05, 0.1) is 12.3 Å². The van der Waals surface area contributed by atoms with Crippen molar-refractivity contribution in [3.05, 3.63) is 53.6 Å². The number of anilines is 1. The Labute approximate surface area is 201 Å². The van der Waals surface area contributed by atoms with Crippen molar-refractivity contribution in [1.29, 1.82) is 0 Å². The van der Waals surface area contributed by atoms with Crippen LogP contribution in [0.3, 0.4) is 0 Å². The maximum Gasteiger partial charge on any atom is 0.306 e. The summed E-state index contributed by atoms with van der Waals surface area (Å²) in [5.74, 6) is -2.21. The first-order chi connectivity index (χ1) is 16.2. The van der Waals surface area contributed by atoms with E-state index < -0.39 is 17.3 Å². The van der Waals surface area contributed by atoms with Crippen LogP contribution in [0.2, 0.25) is 0 Å². The van der Waals surface area contributed by atoms with Gasteiger partial charge in [0.1, 0.15) is 17.2 Å². The molecule has 0 aromatic heterocycles. The van der Waals surface area contributed by atoms with E-state index in [1.54, 1.807) is 6.07 Å². The highest BCUT2D eigenvalue weighted by molar-refractivity contribution is 5.95. The Balaban J connectivity index is 2.07. The molecule has 0 aliphatic heterocycles. The highest BCUT2D eigenvalue weighted by Gasteiger charge is 2.29. The largest absolute Gasteiger partial charge is 0.506 e. The van der Waals surface area contributed by atoms with E-state index in [0.29, 0.717) is 38.0 Å². The second kappa shape index (κ2) is 13.0. The molecule has 1 atom stereocenters. The number of hydrogen-bond acceptors (Lipinski definition) is 5. The van der Waals surface area contributed by atoms with E-state index in [-0.39, 0.29) is 29.5 Å². The highest BCUT2D eigenvalue weighted by Crippen LogP contribution is 2.43. The summed E-state index contributed by atoms with van der Waals surface area (Å²) in [4.78, 5) is 24.2. The normalized spacial score (nSPS) is 12.3. The number of hydrogen-bond donors (Lipinski definition) is 4. The molecule has 0 heterocycles. The van der Waals surface area contributed by atoms with Gasteiger partial charge in [-0.05, 0) is 42.7 Å². The van der Waals surface area contributed by atoms with E-state index >= 15 is 0 Å². The van der Waals surface area contributed by atoms with Crippen molar-refractivity contribution in [2.75, 3.05) is 18.5 Å². The second-order valence-corrected chi connectivity index (χ2v) is 9.28. The predicted octanol–water partition coefficient (Wildman–Crippen LogP) is 5.24. The summed E-state index contributed by atoms with van der Waals surface area (Å²) in [6.45, 7) is 6.93. The number of carbonyl (C=O) groups is 2. The maximum absolute atomic E-state index is 12.5. The number of benzene rings is 2. The molecule has 2 aromatic carbocycles. The van der Waals surface area contributed by atoms with Crippen molar-refractivity contribution < 1.29 is 29.6 Å². The number of phenolic OH excluding ortho intramolecular Hbond substituents is 2. The van der Waals surface area contributed by atoms with Gasteiger partial charge in [0.25, 0.3) is 0 Å². The lowest BCUT2D eigenvalue weighted by molar-refractivity contribution is -0.142. The number of nitrogens with one attached hydrogen (secondary N) is 1. The lowest BCUT2D eigenvalue weighted by Crippen LogP contribution is -2.23. The van der Waals surface area contributed by atoms with Crippen LogP contribution in [0, 0.1) is 5.92 Å². The highest BCUT2D eigenvalue weighted by atomic mass is 16.5. The summed E-state index contributed by atoms with van der Waals surface area (Å²) in [7, 11) is 0. The van der Waals surface area contributed by atoms with Crippen LogP contribution in [0.4, 0.5) is 5.69 Å². The molecule has 0 saturated carbocycles. The van der Waals surface area contributed by atoms with Crippen LogP contribution in [-0.4, -0.2) is 40.4 Å². The van der Waals surface area contributed by atoms with Crippen molar-refractivity contribution in [2.45, 2.75) is 64.7 Å². The zero-order chi connectivity index (χ0) is 25.1. The minimum atomic E-state index is -0.862. The zero-order valence-corrected chi connectivity index (χ0v) is 20.3. The molecule has 0 radical (unpaired) electrons. The Bertz CT molecular complexity index is 942. The first-order valence-electron chi connectivity index (χ1n) is 11.9. The van der Waals surface area contributed by atoms with Gasteiger partial charge in [-0.3, -0.25) is 9.59 Å². The molecule has 0 aliphatic rings. The molecule has 4 N–H and O–H groups in total. The summed E-state index contributed by atoms with van der Waals surface area (Å²) in [6, 6.07) is 12.2. The lowest BCUT2D eigenvalue weighted by atomic mass is 9.77. The number of unbranched alkanes of at least 4 members (excludes halogenated alkanes) is 1. The molecule has 0 aliphatic carbocycles. The minimum absolute atomic E-state index is 0.0365. The number of aromatic hydroxyl groups is 2. The molecule has 0 saturated heterocycles. The number of carbonyl (C=O) groups excluding carboxylic acids is 1. The van der Waals surface area contributed by atoms with Crippen molar-refractivity contribution >= 4 is 17.6 Å². The van der Waals surface area contributed by atoms with Crippen LogP contribution >= 0.6 is 0 Å². The summed E-state index contributed by atoms with van der Waals surface area (Å²) in [5, 5.41) is 33.4. The monoisotopic (exact) mass is 471 g/mol. The zero-order valence-electron chi connectivity index (χ0n) is 20.3. The minimum Gasteiger partial charge on any atom is -0.506 e. The Morgan fingerprint density at radius 3 is 2.38 bits per heavy atom. The SMILES string of the molecule is CCCCOCCC(CCC(C)(C)c1ccc(O)c(NC(=O)Cc2ccccc2)c1O)C(=O)O. The first kappa shape index (κ1) is 27.2. The van der Waals surface area contributed by atoms with Crippen LogP contribution in [0.15, 0.2) is 42.5 Å². The average Bonchev–Trinajstić information content (AvgIpc) is 2.78. The van der Waals surface area contributed by atoms with E-state index in [2.05, 4.69) is 12.2 Å². The number of carboxylic acids is 1. The molecule has 1 unspecified atom stereocenters. The lowest BCUT2D eigenvalue weighted by Gasteiger charge is -2.28. The molecule has 7 nitrogen and oxygen atoms in total. The fourth-order valence-electron chi connectivity index (χ4n) is 3.85. The molecular weight excluding hydrogens is 434 g/mol. The van der Waals surface area contributed by atoms with Gasteiger partial charge in [-0.15, -0.1) is 0 Å². The van der Waals surface area contributed by atoms with E-state index in [0.717, 1.165) is 18.4 Å². The van der Waals surface area contributed by atoms with Crippen LogP contribution < -0.4 is 5.32 Å². The van der Waals surface area contributed by atoms with Crippen LogP contribution in [0.1, 0.15) is 64.0 Å². The fraction of sp³-hybridized carbons (Fsp3) is 0.481. The van der Waals surface area contributed by atoms with E-state index in [1.807, 2.05) is 44.2 Å². The van der Waals surface area contributed by atoms with Crippen molar-refractivity contribution in [3.8, 4) is 11.5 Å². The van der Waals surface area contributed by atoms with Crippen molar-refractivity contribution in [2.24, 2.45) is 5.92 Å². The number of amides is 1. The third-order valence-corrected chi connectivity index (χ3v) is 6.08. The Kier molecular flexibility index (Phi) is 10.4. The van der Waals surface area contributed by atoms with Gasteiger partial charge in [0.2, 0.25) is 5.91 Å². The van der Waals surface area contributed by atoms with Crippen molar-refractivity contribution in [3.63, 3.8) is 0 Å². The van der Waals surface area contributed by atoms with Crippen LogP contribution in [0.5, 0.6) is 11.5 Å². The number of rotatable bonds is 14. The third-order valence-electron chi connectivity index (χ3n) is 6.08. The molecule has 1 amide bonds. The standard InChI is InChI=1S/C27H37NO6/c1-4-5-16-34-17-14-20(26(32)33)13-15-27(2,3)21-11-12-22(29)24(25(21)31)28-23(30)18-19-9-7-6-8-10-19/h6-12,20,29,31H,4-5,13-18H2,1-3H3,(H,28,30)(H,32,33). The molecule has 7 heteroatoms. The quantitative estimate of drug-likeness (QED) is 0.221. The molecule has 186 valence electrons. The molecule has 34 heavy (non-hydrogen) atoms. The van der Waals surface area contributed by atoms with Gasteiger partial charge in [-0.1, -0.05) is 63.6 Å². The smallest absolute Gasteiger partial charge is 0.306 e. The van der Waals surface area contributed by atoms with Gasteiger partial charge >= 0.3 is 5.97 Å². The number of ether oxygens (including phenoxy) is 1. The summed E-state index contributed by atoms with van der Waals surface area (Å²) in [6.07, 6.45) is 3.42. The topological polar surface area (TPSA) is 116 Å². The van der Waals surface area contributed by atoms with Crippen LogP contribution in [0.25, 0.3) is 0 Å². The Hall–Kier alpha value is -3.06. The van der Waals surface area contributed by atoms with Crippen LogP contribution in [-0.2, 0) is 26.2 Å². The fourth-order valence-corrected chi connectivity index (χ4v) is 3.85. The Morgan fingerprint density at radius 2 is 1.74 bits per heavy atom. The van der Waals surface area contributed by atoms with Gasteiger partial charge in [-0.25, -0.2) is 0 Å². The third kappa shape index (κ3) is 8.06. The van der Waals surface area contributed by atoms with E-state index in [1.165, 1.54) is 6.07 Å². The van der Waals surface area contributed by atoms with Gasteiger partial charge in [-0.2, -0.15) is 0 Å². The molecule has 0 fully saturated rings. The van der Waals surface area contributed by atoms with E-state index in [9.17, 15) is 24.9 Å². The summed E-state index contributed by atoms with van der Waals surface area (Å²) >= 11 is 0. The molecule has 0 bridgehead atoms. The van der Waals surface area contributed by atoms with Gasteiger partial charge in [0.15, 0.2) is 0 Å². The van der Waals surface area contributed by atoms with Crippen molar-refractivity contribution in [1.82, 2.24) is 0 Å². The number of aliphatic carboxylic acids is 1.